The van der Waals surface area contributed by atoms with Crippen LogP contribution in [0.15, 0.2) is 34.8 Å². The molecule has 0 aliphatic carbocycles. The zero-order valence-corrected chi connectivity index (χ0v) is 12.4. The fraction of sp³-hybridized carbons (Fsp3) is 0.0714. The van der Waals surface area contributed by atoms with Gasteiger partial charge in [-0.1, -0.05) is 0 Å². The van der Waals surface area contributed by atoms with E-state index < -0.39 is 23.4 Å². The van der Waals surface area contributed by atoms with Gasteiger partial charge in [0.2, 0.25) is 0 Å². The maximum absolute atomic E-state index is 13.6. The molecule has 0 radical (unpaired) electrons. The Morgan fingerprint density at radius 2 is 1.67 bits per heavy atom. The number of carbonyl (C=O) groups is 1. The molecule has 0 aliphatic rings. The highest BCUT2D eigenvalue weighted by molar-refractivity contribution is 9.10. The minimum absolute atomic E-state index is 0.180. The molecule has 0 aliphatic heterocycles. The number of carbonyl (C=O) groups excluding carboxylic acids is 1. The Bertz CT molecular complexity index is 684. The van der Waals surface area contributed by atoms with Gasteiger partial charge in [-0.2, -0.15) is 0 Å². The summed E-state index contributed by atoms with van der Waals surface area (Å²) in [5.74, 6) is -3.07. The summed E-state index contributed by atoms with van der Waals surface area (Å²) in [4.78, 5) is 11.9. The first kappa shape index (κ1) is 15.4. The third-order valence-corrected chi connectivity index (χ3v) is 3.37. The molecule has 2 N–H and O–H groups in total. The number of hydrogen-bond acceptors (Lipinski definition) is 2. The fourth-order valence-corrected chi connectivity index (χ4v) is 1.97. The molecule has 3 nitrogen and oxygen atoms in total. The van der Waals surface area contributed by atoms with E-state index in [4.69, 9.17) is 0 Å². The molecule has 2 aromatic carbocycles. The van der Waals surface area contributed by atoms with Crippen LogP contribution in [0, 0.1) is 17.5 Å². The van der Waals surface area contributed by atoms with E-state index in [9.17, 15) is 18.0 Å². The van der Waals surface area contributed by atoms with Crippen LogP contribution in [0.2, 0.25) is 0 Å². The lowest BCUT2D eigenvalue weighted by Crippen LogP contribution is -2.13. The summed E-state index contributed by atoms with van der Waals surface area (Å²) in [5.41, 5.74) is -0.340. The van der Waals surface area contributed by atoms with Crippen molar-refractivity contribution >= 4 is 33.2 Å². The van der Waals surface area contributed by atoms with Crippen LogP contribution in [0.1, 0.15) is 10.4 Å². The Kier molecular flexibility index (Phi) is 4.52. The smallest absolute Gasteiger partial charge is 0.255 e. The van der Waals surface area contributed by atoms with Gasteiger partial charge in [0, 0.05) is 18.3 Å². The summed E-state index contributed by atoms with van der Waals surface area (Å²) in [6, 6.07) is 5.77. The van der Waals surface area contributed by atoms with Crippen LogP contribution in [-0.2, 0) is 0 Å². The lowest BCUT2D eigenvalue weighted by Gasteiger charge is -2.09. The van der Waals surface area contributed by atoms with Gasteiger partial charge in [0.25, 0.3) is 5.91 Å². The van der Waals surface area contributed by atoms with Gasteiger partial charge in [0.1, 0.15) is 23.1 Å². The van der Waals surface area contributed by atoms with E-state index in [1.807, 2.05) is 0 Å². The number of hydrogen-bond donors (Lipinski definition) is 2. The van der Waals surface area contributed by atoms with Crippen molar-refractivity contribution in [1.82, 2.24) is 0 Å². The van der Waals surface area contributed by atoms with E-state index in [0.29, 0.717) is 0 Å². The predicted octanol–water partition coefficient (Wildman–Crippen LogP) is 4.16. The van der Waals surface area contributed by atoms with E-state index in [-0.39, 0.29) is 21.4 Å². The summed E-state index contributed by atoms with van der Waals surface area (Å²) < 4.78 is 40.7. The van der Waals surface area contributed by atoms with E-state index in [2.05, 4.69) is 26.6 Å². The van der Waals surface area contributed by atoms with Crippen LogP contribution >= 0.6 is 15.9 Å². The van der Waals surface area contributed by atoms with Gasteiger partial charge in [-0.15, -0.1) is 0 Å². The third-order valence-electron chi connectivity index (χ3n) is 2.73. The Morgan fingerprint density at radius 1 is 1.05 bits per heavy atom. The van der Waals surface area contributed by atoms with Crippen molar-refractivity contribution in [2.24, 2.45) is 0 Å². The summed E-state index contributed by atoms with van der Waals surface area (Å²) in [6.07, 6.45) is 0. The molecule has 0 heterocycles. The number of nitrogens with one attached hydrogen (secondary N) is 2. The maximum Gasteiger partial charge on any atom is 0.255 e. The van der Waals surface area contributed by atoms with E-state index >= 15 is 0 Å². The highest BCUT2D eigenvalue weighted by Crippen LogP contribution is 2.22. The van der Waals surface area contributed by atoms with Crippen molar-refractivity contribution in [3.63, 3.8) is 0 Å². The lowest BCUT2D eigenvalue weighted by atomic mass is 10.1. The van der Waals surface area contributed by atoms with Gasteiger partial charge < -0.3 is 10.6 Å². The summed E-state index contributed by atoms with van der Waals surface area (Å²) in [7, 11) is 1.37. The van der Waals surface area contributed by atoms with Crippen molar-refractivity contribution in [2.45, 2.75) is 0 Å². The normalized spacial score (nSPS) is 10.3. The number of amides is 1. The molecule has 2 rings (SSSR count). The molecule has 0 aromatic heterocycles. The molecular formula is C14H10BrF3N2O. The molecule has 0 saturated carbocycles. The molecule has 0 fully saturated rings. The molecule has 0 spiro atoms. The first-order chi connectivity index (χ1) is 9.92. The van der Waals surface area contributed by atoms with Crippen LogP contribution in [0.5, 0.6) is 0 Å². The lowest BCUT2D eigenvalue weighted by molar-refractivity contribution is 0.102. The second-order valence-corrected chi connectivity index (χ2v) is 5.00. The Labute approximate surface area is 127 Å². The fourth-order valence-electron chi connectivity index (χ4n) is 1.72. The SMILES string of the molecule is CNc1c(F)cc(C(=O)Nc2ccc(Br)c(F)c2)cc1F. The number of anilines is 2. The number of halogens is 4. The van der Waals surface area contributed by atoms with Crippen molar-refractivity contribution in [1.29, 1.82) is 0 Å². The van der Waals surface area contributed by atoms with Gasteiger partial charge in [-0.25, -0.2) is 13.2 Å². The number of benzene rings is 2. The average Bonchev–Trinajstić information content (AvgIpc) is 2.42. The van der Waals surface area contributed by atoms with Crippen LogP contribution < -0.4 is 10.6 Å². The second kappa shape index (κ2) is 6.17. The summed E-state index contributed by atoms with van der Waals surface area (Å²) in [5, 5.41) is 4.72. The largest absolute Gasteiger partial charge is 0.383 e. The first-order valence-electron chi connectivity index (χ1n) is 5.85. The third kappa shape index (κ3) is 3.36. The summed E-state index contributed by atoms with van der Waals surface area (Å²) >= 11 is 2.98. The molecule has 7 heteroatoms. The molecular weight excluding hydrogens is 349 g/mol. The van der Waals surface area contributed by atoms with Gasteiger partial charge >= 0.3 is 0 Å². The van der Waals surface area contributed by atoms with Crippen molar-refractivity contribution in [3.05, 3.63) is 57.8 Å². The van der Waals surface area contributed by atoms with Crippen LogP contribution in [0.4, 0.5) is 24.5 Å². The molecule has 0 saturated heterocycles. The van der Waals surface area contributed by atoms with Crippen LogP contribution in [-0.4, -0.2) is 13.0 Å². The standard InChI is InChI=1S/C14H10BrF3N2O/c1-19-13-11(17)4-7(5-12(13)18)14(21)20-8-2-3-9(15)10(16)6-8/h2-6,19H,1H3,(H,20,21). The summed E-state index contributed by atoms with van der Waals surface area (Å²) in [6.45, 7) is 0. The number of rotatable bonds is 3. The molecule has 110 valence electrons. The second-order valence-electron chi connectivity index (χ2n) is 4.15. The monoisotopic (exact) mass is 358 g/mol. The van der Waals surface area contributed by atoms with Gasteiger partial charge in [-0.3, -0.25) is 4.79 Å². The average molecular weight is 359 g/mol. The minimum Gasteiger partial charge on any atom is -0.383 e. The van der Waals surface area contributed by atoms with Crippen molar-refractivity contribution in [2.75, 3.05) is 17.7 Å². The maximum atomic E-state index is 13.6. The zero-order valence-electron chi connectivity index (χ0n) is 10.8. The Hall–Kier alpha value is -2.02. The Balaban J connectivity index is 2.26. The Morgan fingerprint density at radius 3 is 2.19 bits per heavy atom. The molecule has 21 heavy (non-hydrogen) atoms. The van der Waals surface area contributed by atoms with Gasteiger partial charge in [0.15, 0.2) is 0 Å². The van der Waals surface area contributed by atoms with E-state index in [0.717, 1.165) is 18.2 Å². The minimum atomic E-state index is -0.885. The molecule has 2 aromatic rings. The molecule has 0 bridgehead atoms. The molecule has 1 amide bonds. The highest BCUT2D eigenvalue weighted by Gasteiger charge is 2.15. The van der Waals surface area contributed by atoms with Gasteiger partial charge in [0.05, 0.1) is 4.47 Å². The van der Waals surface area contributed by atoms with Gasteiger partial charge in [-0.05, 0) is 46.3 Å². The topological polar surface area (TPSA) is 41.1 Å². The van der Waals surface area contributed by atoms with E-state index in [1.54, 1.807) is 0 Å². The highest BCUT2D eigenvalue weighted by atomic mass is 79.9. The first-order valence-corrected chi connectivity index (χ1v) is 6.65. The van der Waals surface area contributed by atoms with E-state index in [1.165, 1.54) is 19.2 Å². The van der Waals surface area contributed by atoms with Crippen LogP contribution in [0.25, 0.3) is 0 Å². The molecule has 0 unspecified atom stereocenters. The van der Waals surface area contributed by atoms with Crippen LogP contribution in [0.3, 0.4) is 0 Å². The zero-order chi connectivity index (χ0) is 15.6. The van der Waals surface area contributed by atoms with Crippen molar-refractivity contribution < 1.29 is 18.0 Å². The van der Waals surface area contributed by atoms with Crippen molar-refractivity contribution in [3.8, 4) is 0 Å². The predicted molar refractivity (Wildman–Crippen MR) is 78.0 cm³/mol. The quantitative estimate of drug-likeness (QED) is 0.864. The molecule has 0 atom stereocenters.